The van der Waals surface area contributed by atoms with Crippen LogP contribution in [0.4, 0.5) is 0 Å². The highest BCUT2D eigenvalue weighted by Crippen LogP contribution is 2.28. The molecule has 1 aromatic heterocycles. The van der Waals surface area contributed by atoms with Crippen molar-refractivity contribution >= 4 is 16.8 Å². The largest absolute Gasteiger partial charge is 0.493 e. The molecule has 3 rings (SSSR count). The van der Waals surface area contributed by atoms with Crippen molar-refractivity contribution in [2.24, 2.45) is 0 Å². The first kappa shape index (κ1) is 18.7. The summed E-state index contributed by atoms with van der Waals surface area (Å²) in [5.41, 5.74) is 3.25. The van der Waals surface area contributed by atoms with E-state index < -0.39 is 0 Å². The van der Waals surface area contributed by atoms with Crippen LogP contribution in [0.15, 0.2) is 48.5 Å². The maximum Gasteiger partial charge on any atom is 0.256 e. The van der Waals surface area contributed by atoms with Crippen LogP contribution in [0.1, 0.15) is 28.5 Å². The van der Waals surface area contributed by atoms with Crippen LogP contribution in [0.2, 0.25) is 0 Å². The molecule has 0 aliphatic rings. The number of fused-ring (bicyclic) bond motifs is 1. The Labute approximate surface area is 159 Å². The van der Waals surface area contributed by atoms with E-state index in [0.29, 0.717) is 30.2 Å². The molecule has 0 aliphatic carbocycles. The third-order valence-electron chi connectivity index (χ3n) is 4.64. The van der Waals surface area contributed by atoms with Crippen LogP contribution in [0.25, 0.3) is 10.9 Å². The second kappa shape index (κ2) is 8.08. The van der Waals surface area contributed by atoms with E-state index in [1.807, 2.05) is 62.4 Å². The van der Waals surface area contributed by atoms with Crippen molar-refractivity contribution in [1.82, 2.24) is 9.88 Å². The summed E-state index contributed by atoms with van der Waals surface area (Å²) in [4.78, 5) is 19.5. The summed E-state index contributed by atoms with van der Waals surface area (Å²) in [6, 6.07) is 15.5. The molecular weight excluding hydrogens is 340 g/mol. The molecule has 140 valence electrons. The Balaban J connectivity index is 1.89. The Morgan fingerprint density at radius 1 is 1.04 bits per heavy atom. The summed E-state index contributed by atoms with van der Waals surface area (Å²) < 4.78 is 10.6. The van der Waals surface area contributed by atoms with Crippen LogP contribution in [-0.2, 0) is 6.54 Å². The van der Waals surface area contributed by atoms with Crippen LogP contribution < -0.4 is 9.47 Å². The van der Waals surface area contributed by atoms with Gasteiger partial charge < -0.3 is 14.4 Å². The maximum atomic E-state index is 13.2. The molecule has 0 atom stereocenters. The number of aryl methyl sites for hydroxylation is 1. The molecule has 27 heavy (non-hydrogen) atoms. The lowest BCUT2D eigenvalue weighted by atomic mass is 10.1. The van der Waals surface area contributed by atoms with Gasteiger partial charge in [0.25, 0.3) is 5.91 Å². The maximum absolute atomic E-state index is 13.2. The molecule has 0 fully saturated rings. The number of carbonyl (C=O) groups excluding carboxylic acids is 1. The van der Waals surface area contributed by atoms with E-state index >= 15 is 0 Å². The molecule has 1 amide bonds. The van der Waals surface area contributed by atoms with Crippen molar-refractivity contribution < 1.29 is 14.3 Å². The van der Waals surface area contributed by atoms with E-state index in [1.54, 1.807) is 19.1 Å². The number of aromatic nitrogens is 1. The van der Waals surface area contributed by atoms with Crippen molar-refractivity contribution in [2.75, 3.05) is 20.8 Å². The topological polar surface area (TPSA) is 51.7 Å². The Bertz CT molecular complexity index is 969. The average Bonchev–Trinajstić information content (AvgIpc) is 2.70. The van der Waals surface area contributed by atoms with Crippen molar-refractivity contribution in [3.05, 3.63) is 65.4 Å². The number of pyridine rings is 1. The van der Waals surface area contributed by atoms with Crippen LogP contribution >= 0.6 is 0 Å². The third kappa shape index (κ3) is 3.87. The molecule has 0 bridgehead atoms. The van der Waals surface area contributed by atoms with Gasteiger partial charge >= 0.3 is 0 Å². The van der Waals surface area contributed by atoms with Gasteiger partial charge in [0.15, 0.2) is 11.5 Å². The molecule has 0 saturated heterocycles. The fourth-order valence-electron chi connectivity index (χ4n) is 3.13. The zero-order chi connectivity index (χ0) is 19.4. The zero-order valence-electron chi connectivity index (χ0n) is 16.2. The van der Waals surface area contributed by atoms with E-state index in [-0.39, 0.29) is 5.91 Å². The number of hydrogen-bond acceptors (Lipinski definition) is 4. The number of benzene rings is 2. The summed E-state index contributed by atoms with van der Waals surface area (Å²) in [5.74, 6) is 1.30. The minimum atomic E-state index is -0.0250. The Hall–Kier alpha value is -3.08. The van der Waals surface area contributed by atoms with Gasteiger partial charge in [-0.3, -0.25) is 9.78 Å². The molecule has 5 heteroatoms. The molecule has 0 spiro atoms. The predicted octanol–water partition coefficient (Wildman–Crippen LogP) is 4.22. The van der Waals surface area contributed by atoms with Crippen molar-refractivity contribution in [1.29, 1.82) is 0 Å². The molecule has 1 heterocycles. The van der Waals surface area contributed by atoms with Crippen LogP contribution in [0, 0.1) is 6.92 Å². The van der Waals surface area contributed by atoms with E-state index in [1.165, 1.54) is 0 Å². The van der Waals surface area contributed by atoms with E-state index in [2.05, 4.69) is 4.98 Å². The number of methoxy groups -OCH3 is 2. The highest BCUT2D eigenvalue weighted by Gasteiger charge is 2.19. The first-order chi connectivity index (χ1) is 13.1. The van der Waals surface area contributed by atoms with E-state index in [4.69, 9.17) is 9.47 Å². The summed E-state index contributed by atoms with van der Waals surface area (Å²) in [6.45, 7) is 4.94. The number of rotatable bonds is 6. The Morgan fingerprint density at radius 2 is 1.78 bits per heavy atom. The number of nitrogens with zero attached hydrogens (tertiary/aromatic N) is 2. The number of hydrogen-bond donors (Lipinski definition) is 0. The van der Waals surface area contributed by atoms with Crippen LogP contribution in [0.5, 0.6) is 11.5 Å². The van der Waals surface area contributed by atoms with Gasteiger partial charge in [-0.1, -0.05) is 24.3 Å². The van der Waals surface area contributed by atoms with Gasteiger partial charge in [0.2, 0.25) is 0 Å². The normalized spacial score (nSPS) is 10.7. The molecule has 5 nitrogen and oxygen atoms in total. The molecular formula is C22H24N2O3. The monoisotopic (exact) mass is 364 g/mol. The fourth-order valence-corrected chi connectivity index (χ4v) is 3.13. The van der Waals surface area contributed by atoms with Gasteiger partial charge in [-0.15, -0.1) is 0 Å². The zero-order valence-corrected chi connectivity index (χ0v) is 16.2. The number of amides is 1. The molecule has 0 saturated carbocycles. The summed E-state index contributed by atoms with van der Waals surface area (Å²) in [7, 11) is 3.21. The quantitative estimate of drug-likeness (QED) is 0.657. The highest BCUT2D eigenvalue weighted by molar-refractivity contribution is 5.98. The summed E-state index contributed by atoms with van der Waals surface area (Å²) >= 11 is 0. The van der Waals surface area contributed by atoms with Gasteiger partial charge in [-0.25, -0.2) is 0 Å². The predicted molar refractivity (Wildman–Crippen MR) is 106 cm³/mol. The summed E-state index contributed by atoms with van der Waals surface area (Å²) in [6.07, 6.45) is 0. The third-order valence-corrected chi connectivity index (χ3v) is 4.64. The van der Waals surface area contributed by atoms with Crippen molar-refractivity contribution in [3.8, 4) is 11.5 Å². The molecule has 2 aromatic carbocycles. The van der Waals surface area contributed by atoms with E-state index in [0.717, 1.165) is 22.2 Å². The highest BCUT2D eigenvalue weighted by atomic mass is 16.5. The second-order valence-corrected chi connectivity index (χ2v) is 6.32. The van der Waals surface area contributed by atoms with Gasteiger partial charge in [0.05, 0.1) is 31.0 Å². The molecule has 0 unspecified atom stereocenters. The van der Waals surface area contributed by atoms with Gasteiger partial charge in [-0.2, -0.15) is 0 Å². The number of ether oxygens (including phenoxy) is 2. The minimum Gasteiger partial charge on any atom is -0.493 e. The van der Waals surface area contributed by atoms with Crippen molar-refractivity contribution in [2.45, 2.75) is 20.4 Å². The van der Waals surface area contributed by atoms with Crippen LogP contribution in [0.3, 0.4) is 0 Å². The molecule has 0 radical (unpaired) electrons. The fraction of sp³-hybridized carbons (Fsp3) is 0.273. The van der Waals surface area contributed by atoms with Crippen molar-refractivity contribution in [3.63, 3.8) is 0 Å². The van der Waals surface area contributed by atoms with Crippen LogP contribution in [-0.4, -0.2) is 36.6 Å². The first-order valence-electron chi connectivity index (χ1n) is 8.94. The SMILES string of the molecule is CCN(Cc1ccc(OC)c(OC)c1)C(=O)c1cc2ccccc2nc1C. The van der Waals surface area contributed by atoms with Gasteiger partial charge in [0, 0.05) is 18.5 Å². The van der Waals surface area contributed by atoms with Gasteiger partial charge in [-0.05, 0) is 43.7 Å². The lowest BCUT2D eigenvalue weighted by molar-refractivity contribution is 0.0751. The molecule has 0 N–H and O–H groups in total. The lowest BCUT2D eigenvalue weighted by Crippen LogP contribution is -2.31. The molecule has 0 aliphatic heterocycles. The lowest BCUT2D eigenvalue weighted by Gasteiger charge is -2.22. The smallest absolute Gasteiger partial charge is 0.256 e. The number of carbonyl (C=O) groups is 1. The average molecular weight is 364 g/mol. The first-order valence-corrected chi connectivity index (χ1v) is 8.94. The Kier molecular flexibility index (Phi) is 5.60. The minimum absolute atomic E-state index is 0.0250. The Morgan fingerprint density at radius 3 is 2.48 bits per heavy atom. The van der Waals surface area contributed by atoms with E-state index in [9.17, 15) is 4.79 Å². The second-order valence-electron chi connectivity index (χ2n) is 6.32. The number of para-hydroxylation sites is 1. The standard InChI is InChI=1S/C22H24N2O3/c1-5-24(14-16-10-11-20(26-3)21(12-16)27-4)22(25)18-13-17-8-6-7-9-19(17)23-15(18)2/h6-13H,5,14H2,1-4H3. The summed E-state index contributed by atoms with van der Waals surface area (Å²) in [5, 5.41) is 0.966. The molecule has 3 aromatic rings. The van der Waals surface area contributed by atoms with Gasteiger partial charge in [0.1, 0.15) is 0 Å².